The molecule has 1 atom stereocenters. The first-order valence-corrected chi connectivity index (χ1v) is 16.8. The zero-order valence-electron chi connectivity index (χ0n) is 26.5. The Kier molecular flexibility index (Phi) is 10.2. The number of carbonyl (C=O) groups excluding carboxylic acids is 2. The highest BCUT2D eigenvalue weighted by molar-refractivity contribution is 7.89. The van der Waals surface area contributed by atoms with E-state index in [0.717, 1.165) is 15.7 Å². The van der Waals surface area contributed by atoms with Crippen molar-refractivity contribution in [3.63, 3.8) is 0 Å². The normalized spacial score (nSPS) is 17.4. The number of amides is 2. The van der Waals surface area contributed by atoms with Crippen molar-refractivity contribution in [1.29, 1.82) is 0 Å². The van der Waals surface area contributed by atoms with Gasteiger partial charge < -0.3 is 24.5 Å². The van der Waals surface area contributed by atoms with Gasteiger partial charge in [0.05, 0.1) is 23.7 Å². The molecule has 13 heteroatoms. The number of imidazole rings is 1. The minimum absolute atomic E-state index is 0.00593. The van der Waals surface area contributed by atoms with E-state index < -0.39 is 28.5 Å². The fourth-order valence-electron chi connectivity index (χ4n) is 5.39. The monoisotopic (exact) mass is 648 g/mol. The first-order chi connectivity index (χ1) is 22.0. The zero-order valence-corrected chi connectivity index (χ0v) is 27.3. The van der Waals surface area contributed by atoms with Crippen molar-refractivity contribution in [1.82, 2.24) is 29.6 Å². The Bertz CT molecular complexity index is 1800. The molecule has 2 aromatic carbocycles. The number of nitrogens with zero attached hydrogens (tertiary/aromatic N) is 4. The topological polar surface area (TPSA) is 149 Å². The molecular weight excluding hydrogens is 608 g/mol. The van der Waals surface area contributed by atoms with Gasteiger partial charge in [0.25, 0.3) is 0 Å². The molecule has 0 spiro atoms. The molecule has 0 fully saturated rings. The van der Waals surface area contributed by atoms with Crippen LogP contribution in [0.15, 0.2) is 70.3 Å². The lowest BCUT2D eigenvalue weighted by molar-refractivity contribution is -0.129. The molecule has 5 rings (SSSR count). The van der Waals surface area contributed by atoms with Crippen LogP contribution in [0.5, 0.6) is 5.75 Å². The Balaban J connectivity index is 1.46. The lowest BCUT2D eigenvalue weighted by atomic mass is 10.0. The molecule has 3 heterocycles. The van der Waals surface area contributed by atoms with Crippen LogP contribution in [0, 0.1) is 19.8 Å². The molecule has 0 radical (unpaired) electrons. The molecule has 0 saturated carbocycles. The van der Waals surface area contributed by atoms with E-state index in [-0.39, 0.29) is 29.9 Å². The highest BCUT2D eigenvalue weighted by atomic mass is 32.2. The number of fused-ring (bicyclic) bond motifs is 4. The minimum atomic E-state index is -4.17. The number of sulfonamides is 1. The fraction of sp³-hybridized carbons (Fsp3) is 0.394. The van der Waals surface area contributed by atoms with Crippen molar-refractivity contribution < 1.29 is 27.3 Å². The van der Waals surface area contributed by atoms with Gasteiger partial charge in [0.2, 0.25) is 21.8 Å². The molecule has 0 unspecified atom stereocenters. The van der Waals surface area contributed by atoms with Gasteiger partial charge in [-0.25, -0.2) is 13.4 Å². The van der Waals surface area contributed by atoms with E-state index in [2.05, 4.69) is 20.8 Å². The second-order valence-electron chi connectivity index (χ2n) is 11.9. The van der Waals surface area contributed by atoms with Gasteiger partial charge in [-0.1, -0.05) is 43.3 Å². The van der Waals surface area contributed by atoms with Crippen LogP contribution >= 0.6 is 0 Å². The molecule has 2 bridgehead atoms. The molecule has 0 saturated heterocycles. The Labute approximate surface area is 269 Å². The van der Waals surface area contributed by atoms with Crippen LogP contribution in [0.3, 0.4) is 0 Å². The van der Waals surface area contributed by atoms with Gasteiger partial charge in [-0.2, -0.15) is 4.31 Å². The average molecular weight is 649 g/mol. The zero-order chi connectivity index (χ0) is 32.8. The molecule has 244 valence electrons. The lowest BCUT2D eigenvalue weighted by Crippen LogP contribution is -2.51. The third kappa shape index (κ3) is 7.83. The van der Waals surface area contributed by atoms with E-state index in [1.807, 2.05) is 48.9 Å². The summed E-state index contributed by atoms with van der Waals surface area (Å²) in [5.41, 5.74) is 2.58. The molecule has 1 aliphatic rings. The second kappa shape index (κ2) is 14.3. The summed E-state index contributed by atoms with van der Waals surface area (Å²) in [6.07, 6.45) is 4.24. The number of nitrogens with one attached hydrogen (secondary N) is 2. The third-order valence-corrected chi connectivity index (χ3v) is 9.66. The fourth-order valence-corrected chi connectivity index (χ4v) is 7.07. The number of carbonyl (C=O) groups is 2. The quantitative estimate of drug-likeness (QED) is 0.331. The summed E-state index contributed by atoms with van der Waals surface area (Å²) >= 11 is 0. The number of rotatable bonds is 5. The van der Waals surface area contributed by atoms with Gasteiger partial charge in [0.1, 0.15) is 17.6 Å². The number of aromatic nitrogens is 3. The van der Waals surface area contributed by atoms with Gasteiger partial charge in [-0.15, -0.1) is 0 Å². The Morgan fingerprint density at radius 1 is 1.04 bits per heavy atom. The van der Waals surface area contributed by atoms with Gasteiger partial charge in [-0.3, -0.25) is 9.59 Å². The molecule has 2 aromatic heterocycles. The summed E-state index contributed by atoms with van der Waals surface area (Å²) in [6, 6.07) is 13.4. The molecule has 46 heavy (non-hydrogen) atoms. The van der Waals surface area contributed by atoms with E-state index in [0.29, 0.717) is 54.3 Å². The Morgan fingerprint density at radius 2 is 1.87 bits per heavy atom. The van der Waals surface area contributed by atoms with Crippen LogP contribution in [-0.4, -0.2) is 71.5 Å². The van der Waals surface area contributed by atoms with Gasteiger partial charge in [0, 0.05) is 49.2 Å². The van der Waals surface area contributed by atoms with E-state index >= 15 is 0 Å². The van der Waals surface area contributed by atoms with Gasteiger partial charge in [-0.05, 0) is 56.4 Å². The first kappa shape index (κ1) is 32.9. The average Bonchev–Trinajstić information content (AvgIpc) is 3.67. The number of hydrogen-bond donors (Lipinski definition) is 2. The minimum Gasteiger partial charge on any atom is -0.494 e. The molecule has 2 amide bonds. The third-order valence-electron chi connectivity index (χ3n) is 7.68. The lowest BCUT2D eigenvalue weighted by Gasteiger charge is -2.25. The number of hydrogen-bond acceptors (Lipinski definition) is 8. The van der Waals surface area contributed by atoms with E-state index in [4.69, 9.17) is 9.26 Å². The molecule has 0 aliphatic carbocycles. The maximum Gasteiger partial charge on any atom is 0.243 e. The van der Waals surface area contributed by atoms with Crippen LogP contribution in [0.1, 0.15) is 37.9 Å². The SMILES string of the molecule is Cc1cc(-c2ccc(C)c(S(=O)(=O)N3CCCOc4cccc(c4)-c4nccn4CCNC(=O)[C@@H](CC(C)C)NC(=O)C3)c2)on1. The summed E-state index contributed by atoms with van der Waals surface area (Å²) in [5, 5.41) is 9.64. The van der Waals surface area contributed by atoms with Crippen molar-refractivity contribution in [3.05, 3.63) is 72.2 Å². The predicted molar refractivity (Wildman–Crippen MR) is 172 cm³/mol. The van der Waals surface area contributed by atoms with Crippen LogP contribution in [0.25, 0.3) is 22.7 Å². The van der Waals surface area contributed by atoms with Crippen molar-refractivity contribution in [2.45, 2.75) is 58.0 Å². The second-order valence-corrected chi connectivity index (χ2v) is 13.8. The van der Waals surface area contributed by atoms with Gasteiger partial charge >= 0.3 is 0 Å². The van der Waals surface area contributed by atoms with Crippen molar-refractivity contribution in [2.24, 2.45) is 5.92 Å². The van der Waals surface area contributed by atoms with Crippen molar-refractivity contribution in [3.8, 4) is 28.5 Å². The largest absolute Gasteiger partial charge is 0.494 e. The van der Waals surface area contributed by atoms with Crippen LogP contribution in [-0.2, 0) is 26.2 Å². The number of ether oxygens (including phenoxy) is 1. The predicted octanol–water partition coefficient (Wildman–Crippen LogP) is 3.94. The van der Waals surface area contributed by atoms with Crippen molar-refractivity contribution in [2.75, 3.05) is 26.2 Å². The molecule has 1 aliphatic heterocycles. The summed E-state index contributed by atoms with van der Waals surface area (Å²) in [4.78, 5) is 31.3. The molecule has 2 N–H and O–H groups in total. The molecular formula is C33H40N6O6S. The summed E-state index contributed by atoms with van der Waals surface area (Å²) in [5.74, 6) is 0.964. The van der Waals surface area contributed by atoms with E-state index in [1.54, 1.807) is 38.2 Å². The Hall–Kier alpha value is -4.49. The first-order valence-electron chi connectivity index (χ1n) is 15.4. The smallest absolute Gasteiger partial charge is 0.243 e. The highest BCUT2D eigenvalue weighted by Crippen LogP contribution is 2.28. The highest BCUT2D eigenvalue weighted by Gasteiger charge is 2.30. The van der Waals surface area contributed by atoms with Crippen LogP contribution in [0.2, 0.25) is 0 Å². The van der Waals surface area contributed by atoms with E-state index in [9.17, 15) is 18.0 Å². The maximum absolute atomic E-state index is 14.2. The van der Waals surface area contributed by atoms with E-state index in [1.165, 1.54) is 6.07 Å². The molecule has 12 nitrogen and oxygen atoms in total. The van der Waals surface area contributed by atoms with Crippen LogP contribution < -0.4 is 15.4 Å². The Morgan fingerprint density at radius 3 is 2.63 bits per heavy atom. The molecule has 4 aromatic rings. The summed E-state index contributed by atoms with van der Waals surface area (Å²) in [7, 11) is -4.17. The standard InChI is InChI=1S/C33H40N6O6S/c1-22(2)17-28-33(41)35-12-15-38-14-11-34-32(38)26-7-5-8-27(19-26)44-16-6-13-39(21-31(40)36-28)46(42,43)30-20-25(10-9-23(30)3)29-18-24(4)37-45-29/h5,7-11,14,18-20,22,28H,6,12-13,15-17,21H2,1-4H3,(H,35,41)(H,36,40)/t28-/m1/s1. The van der Waals surface area contributed by atoms with Crippen LogP contribution in [0.4, 0.5) is 0 Å². The number of benzene rings is 2. The number of aryl methyl sites for hydroxylation is 2. The van der Waals surface area contributed by atoms with Gasteiger partial charge in [0.15, 0.2) is 5.76 Å². The maximum atomic E-state index is 14.2. The summed E-state index contributed by atoms with van der Waals surface area (Å²) < 4.78 is 42.9. The summed E-state index contributed by atoms with van der Waals surface area (Å²) in [6.45, 7) is 7.92. The van der Waals surface area contributed by atoms with Crippen molar-refractivity contribution >= 4 is 21.8 Å².